The Balaban J connectivity index is 1.62. The van der Waals surface area contributed by atoms with Crippen LogP contribution in [0.5, 0.6) is 0 Å². The first-order valence-corrected chi connectivity index (χ1v) is 8.18. The van der Waals surface area contributed by atoms with Gasteiger partial charge in [-0.2, -0.15) is 13.2 Å². The molecule has 3 aliphatic rings. The highest BCUT2D eigenvalue weighted by molar-refractivity contribution is 6.09. The van der Waals surface area contributed by atoms with E-state index in [1.54, 1.807) is 4.90 Å². The van der Waals surface area contributed by atoms with Crippen LogP contribution in [0.25, 0.3) is 0 Å². The van der Waals surface area contributed by atoms with Gasteiger partial charge in [0.05, 0.1) is 24.2 Å². The SMILES string of the molecule is O=C1C2=C(CCNC2)N2CCN=C2N1Cc1ccc(C(F)(F)F)cc1. The normalized spacial score (nSPS) is 20.6. The predicted molar refractivity (Wildman–Crippen MR) is 85.5 cm³/mol. The van der Waals surface area contributed by atoms with Crippen LogP contribution in [-0.2, 0) is 17.5 Å². The van der Waals surface area contributed by atoms with E-state index < -0.39 is 11.7 Å². The van der Waals surface area contributed by atoms with Crippen LogP contribution in [0.15, 0.2) is 40.5 Å². The molecular weight excluding hydrogens is 333 g/mol. The second-order valence-corrected chi connectivity index (χ2v) is 6.27. The van der Waals surface area contributed by atoms with Crippen LogP contribution >= 0.6 is 0 Å². The lowest BCUT2D eigenvalue weighted by molar-refractivity contribution is -0.137. The number of carbonyl (C=O) groups excluding carboxylic acids is 1. The van der Waals surface area contributed by atoms with E-state index in [0.717, 1.165) is 42.9 Å². The molecule has 3 heterocycles. The summed E-state index contributed by atoms with van der Waals surface area (Å²) in [7, 11) is 0. The first kappa shape index (κ1) is 16.1. The van der Waals surface area contributed by atoms with Crippen molar-refractivity contribution in [2.24, 2.45) is 4.99 Å². The number of halogens is 3. The molecule has 0 unspecified atom stereocenters. The van der Waals surface area contributed by atoms with Gasteiger partial charge in [-0.15, -0.1) is 0 Å². The standard InChI is InChI=1S/C17H17F3N4O/c18-17(19,20)12-3-1-11(2-4-12)10-24-15(25)13-9-21-6-5-14(13)23-8-7-22-16(23)24/h1-4,21H,5-10H2. The summed E-state index contributed by atoms with van der Waals surface area (Å²) in [6, 6.07) is 4.92. The van der Waals surface area contributed by atoms with Crippen molar-refractivity contribution < 1.29 is 18.0 Å². The van der Waals surface area contributed by atoms with E-state index in [9.17, 15) is 18.0 Å². The number of hydrogen-bond donors (Lipinski definition) is 1. The van der Waals surface area contributed by atoms with Gasteiger partial charge in [0.25, 0.3) is 5.91 Å². The number of hydrogen-bond acceptors (Lipinski definition) is 4. The maximum atomic E-state index is 12.9. The van der Waals surface area contributed by atoms with Crippen molar-refractivity contribution in [2.45, 2.75) is 19.1 Å². The van der Waals surface area contributed by atoms with Gasteiger partial charge in [-0.25, -0.2) is 0 Å². The van der Waals surface area contributed by atoms with Gasteiger partial charge in [0.2, 0.25) is 5.96 Å². The van der Waals surface area contributed by atoms with E-state index >= 15 is 0 Å². The maximum Gasteiger partial charge on any atom is 0.416 e. The summed E-state index contributed by atoms with van der Waals surface area (Å²) in [6.45, 7) is 2.92. The van der Waals surface area contributed by atoms with Crippen molar-refractivity contribution >= 4 is 11.9 Å². The number of amides is 1. The molecule has 3 aliphatic heterocycles. The van der Waals surface area contributed by atoms with E-state index in [0.29, 0.717) is 24.6 Å². The Morgan fingerprint density at radius 2 is 1.96 bits per heavy atom. The lowest BCUT2D eigenvalue weighted by atomic mass is 10.0. The number of carbonyl (C=O) groups is 1. The summed E-state index contributed by atoms with van der Waals surface area (Å²) < 4.78 is 38.1. The number of benzene rings is 1. The molecule has 0 saturated carbocycles. The Kier molecular flexibility index (Phi) is 3.79. The molecule has 0 aliphatic carbocycles. The van der Waals surface area contributed by atoms with E-state index in [-0.39, 0.29) is 12.5 Å². The first-order chi connectivity index (χ1) is 11.9. The lowest BCUT2D eigenvalue weighted by Crippen LogP contribution is -2.53. The van der Waals surface area contributed by atoms with Crippen LogP contribution in [0.3, 0.4) is 0 Å². The number of alkyl halides is 3. The Labute approximate surface area is 142 Å². The molecule has 5 nitrogen and oxygen atoms in total. The molecule has 0 atom stereocenters. The highest BCUT2D eigenvalue weighted by atomic mass is 19.4. The molecule has 1 aromatic rings. The molecule has 1 aromatic carbocycles. The van der Waals surface area contributed by atoms with E-state index in [1.807, 2.05) is 0 Å². The van der Waals surface area contributed by atoms with Crippen LogP contribution in [0.4, 0.5) is 13.2 Å². The zero-order valence-electron chi connectivity index (χ0n) is 13.4. The molecule has 1 N–H and O–H groups in total. The zero-order valence-corrected chi connectivity index (χ0v) is 13.4. The van der Waals surface area contributed by atoms with Crippen molar-refractivity contribution in [3.63, 3.8) is 0 Å². The summed E-state index contributed by atoms with van der Waals surface area (Å²) in [5, 5.41) is 3.21. The van der Waals surface area contributed by atoms with Crippen molar-refractivity contribution in [1.29, 1.82) is 0 Å². The second-order valence-electron chi connectivity index (χ2n) is 6.27. The van der Waals surface area contributed by atoms with E-state index in [1.165, 1.54) is 12.1 Å². The number of fused-ring (bicyclic) bond motifs is 2. The topological polar surface area (TPSA) is 47.9 Å². The highest BCUT2D eigenvalue weighted by Gasteiger charge is 2.39. The van der Waals surface area contributed by atoms with Crippen molar-refractivity contribution in [2.75, 3.05) is 26.2 Å². The number of guanidine groups is 1. The first-order valence-electron chi connectivity index (χ1n) is 8.18. The highest BCUT2D eigenvalue weighted by Crippen LogP contribution is 2.31. The second kappa shape index (κ2) is 5.87. The van der Waals surface area contributed by atoms with Gasteiger partial charge in [-0.3, -0.25) is 14.7 Å². The molecule has 0 spiro atoms. The average molecular weight is 350 g/mol. The molecule has 132 valence electrons. The molecule has 0 radical (unpaired) electrons. The smallest absolute Gasteiger partial charge is 0.314 e. The largest absolute Gasteiger partial charge is 0.416 e. The Morgan fingerprint density at radius 3 is 2.68 bits per heavy atom. The van der Waals surface area contributed by atoms with Gasteiger partial charge in [-0.1, -0.05) is 12.1 Å². The minimum absolute atomic E-state index is 0.112. The van der Waals surface area contributed by atoms with Crippen molar-refractivity contribution in [3.05, 3.63) is 46.7 Å². The Morgan fingerprint density at radius 1 is 1.20 bits per heavy atom. The third kappa shape index (κ3) is 2.80. The third-order valence-electron chi connectivity index (χ3n) is 4.70. The van der Waals surface area contributed by atoms with Crippen LogP contribution in [0.2, 0.25) is 0 Å². The van der Waals surface area contributed by atoms with Crippen LogP contribution < -0.4 is 5.32 Å². The van der Waals surface area contributed by atoms with Gasteiger partial charge < -0.3 is 10.2 Å². The minimum Gasteiger partial charge on any atom is -0.314 e. The van der Waals surface area contributed by atoms with Gasteiger partial charge in [0, 0.05) is 31.8 Å². The molecular formula is C17H17F3N4O. The van der Waals surface area contributed by atoms with Crippen LogP contribution in [-0.4, -0.2) is 47.8 Å². The minimum atomic E-state index is -4.36. The molecule has 25 heavy (non-hydrogen) atoms. The fraction of sp³-hybridized carbons (Fsp3) is 0.412. The third-order valence-corrected chi connectivity index (χ3v) is 4.70. The summed E-state index contributed by atoms with van der Waals surface area (Å²) >= 11 is 0. The summed E-state index contributed by atoms with van der Waals surface area (Å²) in [5.74, 6) is 0.504. The molecule has 0 aromatic heterocycles. The predicted octanol–water partition coefficient (Wildman–Crippen LogP) is 1.97. The lowest BCUT2D eigenvalue weighted by Gasteiger charge is -2.39. The summed E-state index contributed by atoms with van der Waals surface area (Å²) in [6.07, 6.45) is -3.58. The quantitative estimate of drug-likeness (QED) is 0.887. The van der Waals surface area contributed by atoms with Crippen LogP contribution in [0, 0.1) is 0 Å². The summed E-state index contributed by atoms with van der Waals surface area (Å²) in [4.78, 5) is 21.0. The number of nitrogens with one attached hydrogen (secondary N) is 1. The molecule has 4 rings (SSSR count). The number of aliphatic imine (C=N–C) groups is 1. The van der Waals surface area contributed by atoms with E-state index in [4.69, 9.17) is 0 Å². The number of nitrogens with zero attached hydrogens (tertiary/aromatic N) is 3. The molecule has 8 heteroatoms. The average Bonchev–Trinajstić information content (AvgIpc) is 3.08. The molecule has 0 fully saturated rings. The van der Waals surface area contributed by atoms with Gasteiger partial charge in [0.1, 0.15) is 0 Å². The fourth-order valence-electron chi connectivity index (χ4n) is 3.47. The maximum absolute atomic E-state index is 12.9. The molecule has 0 saturated heterocycles. The summed E-state index contributed by atoms with van der Waals surface area (Å²) in [5.41, 5.74) is 1.72. The molecule has 0 bridgehead atoms. The van der Waals surface area contributed by atoms with Gasteiger partial charge >= 0.3 is 6.18 Å². The number of rotatable bonds is 2. The zero-order chi connectivity index (χ0) is 17.6. The monoisotopic (exact) mass is 350 g/mol. The van der Waals surface area contributed by atoms with Gasteiger partial charge in [-0.05, 0) is 17.7 Å². The Hall–Kier alpha value is -2.35. The molecule has 1 amide bonds. The van der Waals surface area contributed by atoms with E-state index in [2.05, 4.69) is 15.2 Å². The van der Waals surface area contributed by atoms with Crippen LogP contribution in [0.1, 0.15) is 17.5 Å². The van der Waals surface area contributed by atoms with Crippen molar-refractivity contribution in [3.8, 4) is 0 Å². The fourth-order valence-corrected chi connectivity index (χ4v) is 3.47. The Bertz CT molecular complexity index is 767. The van der Waals surface area contributed by atoms with Crippen molar-refractivity contribution in [1.82, 2.24) is 15.1 Å². The van der Waals surface area contributed by atoms with Gasteiger partial charge in [0.15, 0.2) is 0 Å².